The van der Waals surface area contributed by atoms with Gasteiger partial charge in [0.25, 0.3) is 5.91 Å². The Morgan fingerprint density at radius 3 is 2.54 bits per heavy atom. The molecular weight excluding hydrogens is 374 g/mol. The number of hydrogen-bond donors (Lipinski definition) is 1. The fourth-order valence-electron chi connectivity index (χ4n) is 1.95. The van der Waals surface area contributed by atoms with Gasteiger partial charge in [-0.3, -0.25) is 4.79 Å². The number of benzene rings is 2. The molecule has 2 rings (SSSR count). The molecule has 126 valence electrons. The van der Waals surface area contributed by atoms with Crippen LogP contribution in [0, 0.1) is 0 Å². The number of esters is 1. The van der Waals surface area contributed by atoms with Crippen molar-refractivity contribution in [3.8, 4) is 5.75 Å². The summed E-state index contributed by atoms with van der Waals surface area (Å²) < 4.78 is 11.5. The van der Waals surface area contributed by atoms with Gasteiger partial charge in [0.2, 0.25) is 0 Å². The van der Waals surface area contributed by atoms with Gasteiger partial charge in [-0.25, -0.2) is 4.79 Å². The van der Waals surface area contributed by atoms with Crippen LogP contribution in [-0.4, -0.2) is 24.6 Å². The molecule has 0 aromatic heterocycles. The molecule has 5 nitrogen and oxygen atoms in total. The lowest BCUT2D eigenvalue weighted by atomic mass is 10.2. The van der Waals surface area contributed by atoms with Gasteiger partial charge in [-0.2, -0.15) is 0 Å². The van der Waals surface area contributed by atoms with Crippen molar-refractivity contribution in [3.05, 3.63) is 58.6 Å². The molecule has 2 aromatic carbocycles. The number of amides is 1. The SMILES string of the molecule is CCOC(=O)c1cccc(NC(=O)[C@@H](C)Oc2ccc(Br)cc2)c1. The number of ether oxygens (including phenoxy) is 2. The summed E-state index contributed by atoms with van der Waals surface area (Å²) in [5.74, 6) is -0.132. The van der Waals surface area contributed by atoms with Crippen LogP contribution < -0.4 is 10.1 Å². The first kappa shape index (κ1) is 18.0. The number of hydrogen-bond acceptors (Lipinski definition) is 4. The Labute approximate surface area is 149 Å². The highest BCUT2D eigenvalue weighted by atomic mass is 79.9. The number of nitrogens with one attached hydrogen (secondary N) is 1. The van der Waals surface area contributed by atoms with Gasteiger partial charge in [-0.15, -0.1) is 0 Å². The van der Waals surface area contributed by atoms with Crippen molar-refractivity contribution in [1.29, 1.82) is 0 Å². The first-order chi connectivity index (χ1) is 11.5. The summed E-state index contributed by atoms with van der Waals surface area (Å²) in [4.78, 5) is 24.0. The fourth-order valence-corrected chi connectivity index (χ4v) is 2.22. The smallest absolute Gasteiger partial charge is 0.338 e. The summed E-state index contributed by atoms with van der Waals surface area (Å²) in [5, 5.41) is 2.73. The maximum atomic E-state index is 12.2. The van der Waals surface area contributed by atoms with Crippen molar-refractivity contribution < 1.29 is 19.1 Å². The van der Waals surface area contributed by atoms with E-state index in [1.165, 1.54) is 0 Å². The highest BCUT2D eigenvalue weighted by Crippen LogP contribution is 2.18. The number of carbonyl (C=O) groups is 2. The van der Waals surface area contributed by atoms with Gasteiger partial charge in [0.1, 0.15) is 5.75 Å². The maximum Gasteiger partial charge on any atom is 0.338 e. The van der Waals surface area contributed by atoms with Gasteiger partial charge in [-0.1, -0.05) is 22.0 Å². The van der Waals surface area contributed by atoms with Crippen LogP contribution >= 0.6 is 15.9 Å². The Kier molecular flexibility index (Phi) is 6.37. The molecule has 0 radical (unpaired) electrons. The van der Waals surface area contributed by atoms with E-state index in [1.54, 1.807) is 50.2 Å². The second kappa shape index (κ2) is 8.49. The predicted molar refractivity (Wildman–Crippen MR) is 95.3 cm³/mol. The Bertz CT molecular complexity index is 715. The van der Waals surface area contributed by atoms with Crippen molar-refractivity contribution in [1.82, 2.24) is 0 Å². The first-order valence-electron chi connectivity index (χ1n) is 7.50. The lowest BCUT2D eigenvalue weighted by Crippen LogP contribution is -2.30. The second-order valence-corrected chi connectivity index (χ2v) is 5.92. The molecule has 0 aliphatic heterocycles. The molecule has 1 N–H and O–H groups in total. The number of rotatable bonds is 6. The first-order valence-corrected chi connectivity index (χ1v) is 8.29. The third-order valence-electron chi connectivity index (χ3n) is 3.14. The second-order valence-electron chi connectivity index (χ2n) is 5.00. The molecule has 0 aliphatic carbocycles. The molecule has 0 fully saturated rings. The monoisotopic (exact) mass is 391 g/mol. The van der Waals surface area contributed by atoms with Gasteiger partial charge in [0.05, 0.1) is 12.2 Å². The zero-order valence-electron chi connectivity index (χ0n) is 13.4. The van der Waals surface area contributed by atoms with Crippen LogP contribution in [0.3, 0.4) is 0 Å². The Balaban J connectivity index is 1.99. The molecule has 6 heteroatoms. The zero-order valence-corrected chi connectivity index (χ0v) is 15.0. The van der Waals surface area contributed by atoms with E-state index < -0.39 is 12.1 Å². The average Bonchev–Trinajstić information content (AvgIpc) is 2.57. The molecular formula is C18H18BrNO4. The quantitative estimate of drug-likeness (QED) is 0.754. The summed E-state index contributed by atoms with van der Waals surface area (Å²) in [6.45, 7) is 3.70. The van der Waals surface area contributed by atoms with E-state index in [1.807, 2.05) is 12.1 Å². The zero-order chi connectivity index (χ0) is 17.5. The van der Waals surface area contributed by atoms with Crippen LogP contribution in [0.25, 0.3) is 0 Å². The van der Waals surface area contributed by atoms with Crippen molar-refractivity contribution in [2.24, 2.45) is 0 Å². The number of halogens is 1. The van der Waals surface area contributed by atoms with E-state index in [-0.39, 0.29) is 5.91 Å². The maximum absolute atomic E-state index is 12.2. The summed E-state index contributed by atoms with van der Waals surface area (Å²) in [5.41, 5.74) is 0.896. The highest BCUT2D eigenvalue weighted by molar-refractivity contribution is 9.10. The van der Waals surface area contributed by atoms with Crippen LogP contribution in [0.4, 0.5) is 5.69 Å². The van der Waals surface area contributed by atoms with Gasteiger partial charge < -0.3 is 14.8 Å². The average molecular weight is 392 g/mol. The Hall–Kier alpha value is -2.34. The summed E-state index contributed by atoms with van der Waals surface area (Å²) >= 11 is 3.34. The van der Waals surface area contributed by atoms with Crippen molar-refractivity contribution in [3.63, 3.8) is 0 Å². The molecule has 24 heavy (non-hydrogen) atoms. The van der Waals surface area contributed by atoms with Gasteiger partial charge in [0, 0.05) is 10.2 Å². The molecule has 0 aliphatic rings. The van der Waals surface area contributed by atoms with E-state index in [9.17, 15) is 9.59 Å². The van der Waals surface area contributed by atoms with Crippen LogP contribution in [-0.2, 0) is 9.53 Å². The van der Waals surface area contributed by atoms with E-state index in [0.717, 1.165) is 4.47 Å². The van der Waals surface area contributed by atoms with E-state index in [0.29, 0.717) is 23.6 Å². The highest BCUT2D eigenvalue weighted by Gasteiger charge is 2.16. The van der Waals surface area contributed by atoms with Crippen LogP contribution in [0.5, 0.6) is 5.75 Å². The molecule has 0 unspecified atom stereocenters. The topological polar surface area (TPSA) is 64.6 Å². The van der Waals surface area contributed by atoms with Crippen LogP contribution in [0.15, 0.2) is 53.0 Å². The summed E-state index contributed by atoms with van der Waals surface area (Å²) in [6.07, 6.45) is -0.683. The Morgan fingerprint density at radius 2 is 1.88 bits per heavy atom. The van der Waals surface area contributed by atoms with Crippen LogP contribution in [0.1, 0.15) is 24.2 Å². The molecule has 1 atom stereocenters. The molecule has 0 saturated carbocycles. The van der Waals surface area contributed by atoms with Crippen LogP contribution in [0.2, 0.25) is 0 Å². The predicted octanol–water partition coefficient (Wildman–Crippen LogP) is 4.03. The minimum absolute atomic E-state index is 0.299. The normalized spacial score (nSPS) is 11.5. The summed E-state index contributed by atoms with van der Waals surface area (Å²) in [7, 11) is 0. The minimum atomic E-state index is -0.683. The summed E-state index contributed by atoms with van der Waals surface area (Å²) in [6, 6.07) is 13.8. The van der Waals surface area contributed by atoms with Gasteiger partial charge >= 0.3 is 5.97 Å². The third kappa shape index (κ3) is 5.09. The minimum Gasteiger partial charge on any atom is -0.481 e. The largest absolute Gasteiger partial charge is 0.481 e. The molecule has 0 bridgehead atoms. The van der Waals surface area contributed by atoms with Crippen molar-refractivity contribution in [2.45, 2.75) is 20.0 Å². The standard InChI is InChI=1S/C18H18BrNO4/c1-3-23-18(22)13-5-4-6-15(11-13)20-17(21)12(2)24-16-9-7-14(19)8-10-16/h4-12H,3H2,1-2H3,(H,20,21)/t12-/m1/s1. The molecule has 0 spiro atoms. The van der Waals surface area contributed by atoms with Gasteiger partial charge in [-0.05, 0) is 56.3 Å². The number of anilines is 1. The third-order valence-corrected chi connectivity index (χ3v) is 3.67. The lowest BCUT2D eigenvalue weighted by Gasteiger charge is -2.15. The van der Waals surface area contributed by atoms with Crippen molar-refractivity contribution >= 4 is 33.5 Å². The molecule has 2 aromatic rings. The van der Waals surface area contributed by atoms with E-state index >= 15 is 0 Å². The Morgan fingerprint density at radius 1 is 1.17 bits per heavy atom. The molecule has 0 heterocycles. The van der Waals surface area contributed by atoms with Crippen molar-refractivity contribution in [2.75, 3.05) is 11.9 Å². The lowest BCUT2D eigenvalue weighted by molar-refractivity contribution is -0.122. The number of carbonyl (C=O) groups excluding carboxylic acids is 2. The van der Waals surface area contributed by atoms with E-state index in [4.69, 9.17) is 9.47 Å². The molecule has 0 saturated heterocycles. The molecule has 1 amide bonds. The van der Waals surface area contributed by atoms with Gasteiger partial charge in [0.15, 0.2) is 6.10 Å². The van der Waals surface area contributed by atoms with E-state index in [2.05, 4.69) is 21.2 Å². The fraction of sp³-hybridized carbons (Fsp3) is 0.222.